The van der Waals surface area contributed by atoms with Gasteiger partial charge in [-0.3, -0.25) is 4.79 Å². The molecule has 0 fully saturated rings. The van der Waals surface area contributed by atoms with E-state index >= 15 is 0 Å². The molecular formula is C20H22N2O3. The number of allylic oxidation sites excluding steroid dienone is 1. The van der Waals surface area contributed by atoms with Gasteiger partial charge in [0.2, 0.25) is 0 Å². The van der Waals surface area contributed by atoms with Gasteiger partial charge >= 0.3 is 0 Å². The molecule has 0 aliphatic carbocycles. The van der Waals surface area contributed by atoms with Crippen molar-refractivity contribution in [2.24, 2.45) is 0 Å². The molecule has 3 rings (SSSR count). The number of hydrogen-bond acceptors (Lipinski definition) is 4. The zero-order valence-corrected chi connectivity index (χ0v) is 14.9. The van der Waals surface area contributed by atoms with Crippen molar-refractivity contribution >= 4 is 22.9 Å². The van der Waals surface area contributed by atoms with Crippen LogP contribution < -0.4 is 20.1 Å². The third-order valence-corrected chi connectivity index (χ3v) is 4.27. The van der Waals surface area contributed by atoms with Gasteiger partial charge in [0.05, 0.1) is 25.5 Å². The number of carbonyl (C=O) groups excluding carboxylic acids is 1. The molecule has 2 N–H and O–H groups in total. The molecule has 0 saturated heterocycles. The topological polar surface area (TPSA) is 59.6 Å². The van der Waals surface area contributed by atoms with Crippen LogP contribution in [-0.2, 0) is 4.79 Å². The van der Waals surface area contributed by atoms with Crippen LogP contribution >= 0.6 is 0 Å². The summed E-state index contributed by atoms with van der Waals surface area (Å²) in [7, 11) is 3.16. The fraction of sp³-hybridized carbons (Fsp3) is 0.250. The predicted molar refractivity (Wildman–Crippen MR) is 100 cm³/mol. The van der Waals surface area contributed by atoms with Gasteiger partial charge in [0.15, 0.2) is 11.5 Å². The highest BCUT2D eigenvalue weighted by atomic mass is 16.5. The lowest BCUT2D eigenvalue weighted by Gasteiger charge is -2.14. The van der Waals surface area contributed by atoms with E-state index in [1.807, 2.05) is 44.2 Å². The van der Waals surface area contributed by atoms with Gasteiger partial charge in [0.25, 0.3) is 5.91 Å². The third kappa shape index (κ3) is 3.18. The number of carbonyl (C=O) groups is 1. The lowest BCUT2D eigenvalue weighted by molar-refractivity contribution is -0.110. The Morgan fingerprint density at radius 2 is 1.72 bits per heavy atom. The number of methoxy groups -OCH3 is 2. The van der Waals surface area contributed by atoms with Crippen molar-refractivity contribution in [2.45, 2.75) is 20.3 Å². The van der Waals surface area contributed by atoms with E-state index in [4.69, 9.17) is 9.47 Å². The van der Waals surface area contributed by atoms with Crippen LogP contribution in [0.5, 0.6) is 11.5 Å². The van der Waals surface area contributed by atoms with Crippen LogP contribution in [0.3, 0.4) is 0 Å². The van der Waals surface area contributed by atoms with Gasteiger partial charge in [-0.25, -0.2) is 0 Å². The monoisotopic (exact) mass is 338 g/mol. The van der Waals surface area contributed by atoms with Crippen LogP contribution in [0.2, 0.25) is 0 Å². The number of benzene rings is 2. The Hall–Kier alpha value is -2.95. The maximum Gasteiger partial charge on any atom is 0.258 e. The normalized spacial score (nSPS) is 14.6. The number of aryl methyl sites for hydroxylation is 1. The molecule has 0 spiro atoms. The molecule has 2 aromatic rings. The van der Waals surface area contributed by atoms with Gasteiger partial charge in [-0.05, 0) is 31.5 Å². The van der Waals surface area contributed by atoms with E-state index in [9.17, 15) is 4.79 Å². The molecule has 0 aromatic heterocycles. The number of nitrogens with one attached hydrogen (secondary N) is 2. The molecule has 2 aromatic carbocycles. The summed E-state index contributed by atoms with van der Waals surface area (Å²) < 4.78 is 10.7. The Balaban J connectivity index is 2.07. The Morgan fingerprint density at radius 1 is 1.08 bits per heavy atom. The molecule has 0 atom stereocenters. The average Bonchev–Trinajstić information content (AvgIpc) is 2.94. The Kier molecular flexibility index (Phi) is 4.65. The highest BCUT2D eigenvalue weighted by Crippen LogP contribution is 2.42. The summed E-state index contributed by atoms with van der Waals surface area (Å²) in [5.41, 5.74) is 5.20. The zero-order valence-electron chi connectivity index (χ0n) is 14.9. The Bertz CT molecular complexity index is 839. The van der Waals surface area contributed by atoms with E-state index in [1.165, 1.54) is 5.56 Å². The first-order valence-corrected chi connectivity index (χ1v) is 8.22. The molecule has 1 aliphatic heterocycles. The fourth-order valence-electron chi connectivity index (χ4n) is 2.93. The standard InChI is InChI=1S/C20H22N2O3/c1-5-15(21-13-8-6-12(2)7-9-13)19-14-10-17(24-3)18(25-4)11-16(14)22-20(19)23/h6-11,21H,5H2,1-4H3,(H,22,23)/b19-15-. The number of ether oxygens (including phenoxy) is 2. The molecule has 1 amide bonds. The minimum atomic E-state index is -0.123. The summed E-state index contributed by atoms with van der Waals surface area (Å²) in [5.74, 6) is 1.06. The predicted octanol–water partition coefficient (Wildman–Crippen LogP) is 4.20. The van der Waals surface area contributed by atoms with Crippen molar-refractivity contribution in [3.05, 3.63) is 53.2 Å². The number of anilines is 2. The van der Waals surface area contributed by atoms with Gasteiger partial charge < -0.3 is 20.1 Å². The fourth-order valence-corrected chi connectivity index (χ4v) is 2.93. The first kappa shape index (κ1) is 16.9. The van der Waals surface area contributed by atoms with Crippen molar-refractivity contribution in [2.75, 3.05) is 24.9 Å². The third-order valence-electron chi connectivity index (χ3n) is 4.27. The quantitative estimate of drug-likeness (QED) is 0.802. The summed E-state index contributed by atoms with van der Waals surface area (Å²) in [6.45, 7) is 4.07. The van der Waals surface area contributed by atoms with Crippen LogP contribution in [0.1, 0.15) is 24.5 Å². The molecule has 0 radical (unpaired) electrons. The second-order valence-corrected chi connectivity index (χ2v) is 5.91. The molecule has 1 heterocycles. The van der Waals surface area contributed by atoms with Crippen LogP contribution in [0.25, 0.3) is 5.57 Å². The summed E-state index contributed by atoms with van der Waals surface area (Å²) in [5, 5.41) is 6.29. The molecule has 5 heteroatoms. The smallest absolute Gasteiger partial charge is 0.258 e. The van der Waals surface area contributed by atoms with Crippen molar-refractivity contribution in [3.8, 4) is 11.5 Å². The molecule has 130 valence electrons. The van der Waals surface area contributed by atoms with Crippen molar-refractivity contribution < 1.29 is 14.3 Å². The van der Waals surface area contributed by atoms with Crippen molar-refractivity contribution in [1.29, 1.82) is 0 Å². The first-order valence-electron chi connectivity index (χ1n) is 8.22. The maximum absolute atomic E-state index is 12.6. The van der Waals surface area contributed by atoms with Crippen molar-refractivity contribution in [3.63, 3.8) is 0 Å². The lowest BCUT2D eigenvalue weighted by atomic mass is 10.0. The molecule has 0 saturated carbocycles. The summed E-state index contributed by atoms with van der Waals surface area (Å²) in [4.78, 5) is 12.6. The molecule has 5 nitrogen and oxygen atoms in total. The van der Waals surface area contributed by atoms with E-state index in [1.54, 1.807) is 20.3 Å². The highest BCUT2D eigenvalue weighted by Gasteiger charge is 2.29. The maximum atomic E-state index is 12.6. The number of fused-ring (bicyclic) bond motifs is 1. The molecule has 0 unspecified atom stereocenters. The molecule has 25 heavy (non-hydrogen) atoms. The minimum absolute atomic E-state index is 0.123. The Morgan fingerprint density at radius 3 is 2.32 bits per heavy atom. The second kappa shape index (κ2) is 6.89. The average molecular weight is 338 g/mol. The van der Waals surface area contributed by atoms with Gasteiger partial charge in [-0.1, -0.05) is 24.6 Å². The first-order chi connectivity index (χ1) is 12.1. The second-order valence-electron chi connectivity index (χ2n) is 5.91. The van der Waals surface area contributed by atoms with Crippen molar-refractivity contribution in [1.82, 2.24) is 0 Å². The summed E-state index contributed by atoms with van der Waals surface area (Å²) in [6.07, 6.45) is 0.699. The summed E-state index contributed by atoms with van der Waals surface area (Å²) in [6, 6.07) is 11.7. The van der Waals surface area contributed by atoms with E-state index in [-0.39, 0.29) is 5.91 Å². The van der Waals surface area contributed by atoms with Gasteiger partial charge in [0, 0.05) is 23.0 Å². The molecule has 1 aliphatic rings. The highest BCUT2D eigenvalue weighted by molar-refractivity contribution is 6.32. The minimum Gasteiger partial charge on any atom is -0.493 e. The van der Waals surface area contributed by atoms with Crippen LogP contribution in [0.15, 0.2) is 42.1 Å². The van der Waals surface area contributed by atoms with Gasteiger partial charge in [0.1, 0.15) is 0 Å². The van der Waals surface area contributed by atoms with Crippen LogP contribution in [0.4, 0.5) is 11.4 Å². The molecule has 0 bridgehead atoms. The van der Waals surface area contributed by atoms with E-state index in [0.717, 1.165) is 22.6 Å². The number of amides is 1. The zero-order chi connectivity index (χ0) is 18.0. The summed E-state index contributed by atoms with van der Waals surface area (Å²) >= 11 is 0. The lowest BCUT2D eigenvalue weighted by Crippen LogP contribution is -2.10. The van der Waals surface area contributed by atoms with E-state index < -0.39 is 0 Å². The number of hydrogen-bond donors (Lipinski definition) is 2. The van der Waals surface area contributed by atoms with Gasteiger partial charge in [-0.2, -0.15) is 0 Å². The van der Waals surface area contributed by atoms with E-state index in [2.05, 4.69) is 10.6 Å². The van der Waals surface area contributed by atoms with Crippen LogP contribution in [-0.4, -0.2) is 20.1 Å². The van der Waals surface area contributed by atoms with Gasteiger partial charge in [-0.15, -0.1) is 0 Å². The molecular weight excluding hydrogens is 316 g/mol. The van der Waals surface area contributed by atoms with Crippen LogP contribution in [0, 0.1) is 6.92 Å². The van der Waals surface area contributed by atoms with E-state index in [0.29, 0.717) is 23.5 Å². The Labute approximate surface area is 147 Å². The largest absolute Gasteiger partial charge is 0.493 e. The number of rotatable bonds is 5. The SMILES string of the molecule is CC/C(Nc1ccc(C)cc1)=C1/C(=O)Nc2cc(OC)c(OC)cc21.